The summed E-state index contributed by atoms with van der Waals surface area (Å²) >= 11 is 3.15. The summed E-state index contributed by atoms with van der Waals surface area (Å²) < 4.78 is 40.0. The highest BCUT2D eigenvalue weighted by molar-refractivity contribution is 9.09. The summed E-state index contributed by atoms with van der Waals surface area (Å²) in [6.45, 7) is 0. The van der Waals surface area contributed by atoms with Crippen molar-refractivity contribution in [1.29, 1.82) is 0 Å². The first kappa shape index (κ1) is 14.7. The molecule has 0 aromatic heterocycles. The number of nitrogens with zero attached hydrogens (tertiary/aromatic N) is 1. The molecular weight excluding hydrogens is 319 g/mol. The van der Waals surface area contributed by atoms with Crippen molar-refractivity contribution in [1.82, 2.24) is 0 Å². The van der Waals surface area contributed by atoms with Gasteiger partial charge in [0.15, 0.2) is 0 Å². The molecule has 1 rings (SSSR count). The van der Waals surface area contributed by atoms with Crippen molar-refractivity contribution in [3.05, 3.63) is 33.9 Å². The van der Waals surface area contributed by atoms with E-state index in [2.05, 4.69) is 20.7 Å². The number of nitro benzene ring substituents is 1. The minimum atomic E-state index is -4.95. The zero-order chi connectivity index (χ0) is 13.8. The summed E-state index contributed by atoms with van der Waals surface area (Å²) in [4.78, 5) is 9.98. The van der Waals surface area contributed by atoms with Crippen LogP contribution >= 0.6 is 15.9 Å². The Balaban J connectivity index is 3.13. The molecule has 18 heavy (non-hydrogen) atoms. The number of para-hydroxylation sites is 1. The largest absolute Gasteiger partial charge is 0.573 e. The highest BCUT2D eigenvalue weighted by Crippen LogP contribution is 2.35. The molecule has 0 spiro atoms. The lowest BCUT2D eigenvalue weighted by molar-refractivity contribution is -0.389. The van der Waals surface area contributed by atoms with E-state index in [-0.39, 0.29) is 5.56 Å². The van der Waals surface area contributed by atoms with Crippen LogP contribution in [0.4, 0.5) is 18.9 Å². The van der Waals surface area contributed by atoms with Gasteiger partial charge in [0.05, 0.1) is 4.92 Å². The first-order valence-electron chi connectivity index (χ1n) is 4.93. The third kappa shape index (κ3) is 4.17. The summed E-state index contributed by atoms with van der Waals surface area (Å²) in [5, 5.41) is 11.4. The molecule has 0 bridgehead atoms. The number of rotatable bonds is 5. The first-order chi connectivity index (χ1) is 8.35. The third-order valence-corrected chi connectivity index (χ3v) is 2.63. The molecule has 0 heterocycles. The van der Waals surface area contributed by atoms with E-state index in [0.29, 0.717) is 18.2 Å². The lowest BCUT2D eigenvalue weighted by Gasteiger charge is -2.11. The molecule has 0 aliphatic heterocycles. The Hall–Kier alpha value is -1.31. The van der Waals surface area contributed by atoms with Gasteiger partial charge in [-0.1, -0.05) is 28.1 Å². The minimum absolute atomic E-state index is 0.223. The van der Waals surface area contributed by atoms with Gasteiger partial charge in [-0.2, -0.15) is 0 Å². The fraction of sp³-hybridized carbons (Fsp3) is 0.400. The van der Waals surface area contributed by atoms with Crippen LogP contribution in [0, 0.1) is 10.1 Å². The topological polar surface area (TPSA) is 52.4 Å². The predicted molar refractivity (Wildman–Crippen MR) is 61.9 cm³/mol. The summed E-state index contributed by atoms with van der Waals surface area (Å²) in [7, 11) is 0. The molecule has 4 nitrogen and oxygen atoms in total. The average molecular weight is 328 g/mol. The Labute approximate surface area is 109 Å². The van der Waals surface area contributed by atoms with Gasteiger partial charge >= 0.3 is 12.0 Å². The Bertz CT molecular complexity index is 437. The normalized spacial score (nSPS) is 11.3. The molecule has 1 aromatic carbocycles. The lowest BCUT2D eigenvalue weighted by atomic mass is 10.1. The third-order valence-electron chi connectivity index (χ3n) is 2.07. The fourth-order valence-corrected chi connectivity index (χ4v) is 1.72. The number of halogens is 4. The van der Waals surface area contributed by atoms with Crippen molar-refractivity contribution in [2.75, 3.05) is 5.33 Å². The second-order valence-electron chi connectivity index (χ2n) is 3.36. The molecule has 0 unspecified atom stereocenters. The van der Waals surface area contributed by atoms with E-state index in [9.17, 15) is 23.3 Å². The van der Waals surface area contributed by atoms with Crippen LogP contribution in [0.3, 0.4) is 0 Å². The number of ether oxygens (including phenoxy) is 1. The van der Waals surface area contributed by atoms with Crippen molar-refractivity contribution in [3.8, 4) is 5.75 Å². The van der Waals surface area contributed by atoms with Gasteiger partial charge in [0.1, 0.15) is 0 Å². The van der Waals surface area contributed by atoms with Gasteiger partial charge in [-0.25, -0.2) is 0 Å². The molecule has 1 aromatic rings. The van der Waals surface area contributed by atoms with E-state index in [1.54, 1.807) is 0 Å². The maximum Gasteiger partial charge on any atom is 0.573 e. The van der Waals surface area contributed by atoms with Crippen LogP contribution in [0.2, 0.25) is 0 Å². The van der Waals surface area contributed by atoms with Gasteiger partial charge in [0.25, 0.3) is 0 Å². The fourth-order valence-electron chi connectivity index (χ4n) is 1.44. The van der Waals surface area contributed by atoms with Crippen molar-refractivity contribution < 1.29 is 22.8 Å². The summed E-state index contributed by atoms with van der Waals surface area (Å²) in [5.74, 6) is -0.778. The van der Waals surface area contributed by atoms with Crippen LogP contribution in [0.1, 0.15) is 12.0 Å². The van der Waals surface area contributed by atoms with Gasteiger partial charge in [-0.05, 0) is 18.9 Å². The van der Waals surface area contributed by atoms with Crippen LogP contribution < -0.4 is 4.74 Å². The van der Waals surface area contributed by atoms with E-state index in [0.717, 1.165) is 6.07 Å². The van der Waals surface area contributed by atoms with E-state index < -0.39 is 22.7 Å². The smallest absolute Gasteiger partial charge is 0.398 e. The molecule has 0 fully saturated rings. The second-order valence-corrected chi connectivity index (χ2v) is 4.15. The van der Waals surface area contributed by atoms with E-state index >= 15 is 0 Å². The zero-order valence-electron chi connectivity index (χ0n) is 9.04. The van der Waals surface area contributed by atoms with Gasteiger partial charge in [0, 0.05) is 10.9 Å². The lowest BCUT2D eigenvalue weighted by Crippen LogP contribution is -2.18. The number of alkyl halides is 4. The molecular formula is C10H9BrF3NO3. The highest BCUT2D eigenvalue weighted by Gasteiger charge is 2.35. The quantitative estimate of drug-likeness (QED) is 0.469. The average Bonchev–Trinajstić information content (AvgIpc) is 2.23. The van der Waals surface area contributed by atoms with Gasteiger partial charge < -0.3 is 4.74 Å². The van der Waals surface area contributed by atoms with Crippen molar-refractivity contribution in [2.24, 2.45) is 0 Å². The van der Waals surface area contributed by atoms with Gasteiger partial charge in [0.2, 0.25) is 5.75 Å². The first-order valence-corrected chi connectivity index (χ1v) is 6.05. The maximum absolute atomic E-state index is 12.1. The van der Waals surface area contributed by atoms with Crippen LogP contribution in [-0.2, 0) is 6.42 Å². The molecule has 0 atom stereocenters. The summed E-state index contributed by atoms with van der Waals surface area (Å²) in [6, 6.07) is 3.66. The maximum atomic E-state index is 12.1. The molecule has 0 saturated carbocycles. The standard InChI is InChI=1S/C10H9BrF3NO3/c11-6-2-4-7-3-1-5-8(9(7)15(16)17)18-10(12,13)14/h1,3,5H,2,4,6H2. The molecule has 0 aliphatic carbocycles. The van der Waals surface area contributed by atoms with Crippen LogP contribution in [0.15, 0.2) is 18.2 Å². The van der Waals surface area contributed by atoms with E-state index in [4.69, 9.17) is 0 Å². The molecule has 0 aliphatic rings. The summed E-state index contributed by atoms with van der Waals surface area (Å²) in [6.07, 6.45) is -4.06. The van der Waals surface area contributed by atoms with Crippen molar-refractivity contribution in [3.63, 3.8) is 0 Å². The minimum Gasteiger partial charge on any atom is -0.398 e. The number of nitro groups is 1. The molecule has 0 radical (unpaired) electrons. The monoisotopic (exact) mass is 327 g/mol. The Kier molecular flexibility index (Phi) is 4.94. The van der Waals surface area contributed by atoms with Crippen molar-refractivity contribution in [2.45, 2.75) is 19.2 Å². The predicted octanol–water partition coefficient (Wildman–Crippen LogP) is 3.82. The second kappa shape index (κ2) is 6.03. The van der Waals surface area contributed by atoms with Crippen LogP contribution in [-0.4, -0.2) is 16.6 Å². The zero-order valence-corrected chi connectivity index (χ0v) is 10.6. The Morgan fingerprint density at radius 2 is 2.06 bits per heavy atom. The molecule has 0 saturated heterocycles. The number of hydrogen-bond donors (Lipinski definition) is 0. The Morgan fingerprint density at radius 1 is 1.39 bits per heavy atom. The van der Waals surface area contributed by atoms with Gasteiger partial charge in [-0.15, -0.1) is 13.2 Å². The SMILES string of the molecule is O=[N+]([O-])c1c(CCCBr)cccc1OC(F)(F)F. The van der Waals surface area contributed by atoms with Crippen LogP contribution in [0.25, 0.3) is 0 Å². The highest BCUT2D eigenvalue weighted by atomic mass is 79.9. The van der Waals surface area contributed by atoms with Crippen LogP contribution in [0.5, 0.6) is 5.75 Å². The molecule has 0 amide bonds. The van der Waals surface area contributed by atoms with E-state index in [1.165, 1.54) is 12.1 Å². The van der Waals surface area contributed by atoms with E-state index in [1.807, 2.05) is 0 Å². The molecule has 0 N–H and O–H groups in total. The molecule has 8 heteroatoms. The summed E-state index contributed by atoms with van der Waals surface area (Å²) in [5.41, 5.74) is -0.406. The number of benzene rings is 1. The number of hydrogen-bond acceptors (Lipinski definition) is 3. The number of aryl methyl sites for hydroxylation is 1. The Morgan fingerprint density at radius 3 is 2.56 bits per heavy atom. The van der Waals surface area contributed by atoms with Gasteiger partial charge in [-0.3, -0.25) is 10.1 Å². The van der Waals surface area contributed by atoms with Crippen molar-refractivity contribution >= 4 is 21.6 Å². The molecule has 100 valence electrons.